The molecule has 0 aliphatic carbocycles. The molecule has 1 heterocycles. The number of aliphatic hydroxyl groups excluding tert-OH is 2. The molecule has 0 radical (unpaired) electrons. The third kappa shape index (κ3) is 31.1. The number of hydrogen-bond donors (Lipinski definition) is 3. The van der Waals surface area contributed by atoms with Gasteiger partial charge in [-0.05, 0) is 38.5 Å². The first-order chi connectivity index (χ1) is 26.2. The number of rotatable bonds is 37. The van der Waals surface area contributed by atoms with E-state index in [9.17, 15) is 24.2 Å². The molecule has 0 amide bonds. The molecule has 11 nitrogen and oxygen atoms in total. The van der Waals surface area contributed by atoms with E-state index in [0.29, 0.717) is 19.3 Å². The van der Waals surface area contributed by atoms with Crippen LogP contribution in [-0.4, -0.2) is 77.9 Å². The largest absolute Gasteiger partial charge is 0.472 e. The molecule has 0 bridgehead atoms. The molecule has 0 aromatic carbocycles. The maximum Gasteiger partial charge on any atom is 0.472 e. The van der Waals surface area contributed by atoms with E-state index in [1.165, 1.54) is 77.0 Å². The monoisotopic (exact) mass is 784 g/mol. The van der Waals surface area contributed by atoms with Crippen molar-refractivity contribution in [3.8, 4) is 0 Å². The van der Waals surface area contributed by atoms with Gasteiger partial charge in [0.05, 0.1) is 25.9 Å². The van der Waals surface area contributed by atoms with Crippen LogP contribution in [0.5, 0.6) is 0 Å². The molecule has 1 fully saturated rings. The molecule has 0 spiro atoms. The summed E-state index contributed by atoms with van der Waals surface area (Å²) in [6, 6.07) is 0. The van der Waals surface area contributed by atoms with E-state index in [1.54, 1.807) is 0 Å². The van der Waals surface area contributed by atoms with Crippen LogP contribution in [0.15, 0.2) is 48.6 Å². The Balaban J connectivity index is 2.36. The average molecular weight is 785 g/mol. The van der Waals surface area contributed by atoms with Gasteiger partial charge in [0.15, 0.2) is 6.10 Å². The fourth-order valence-electron chi connectivity index (χ4n) is 5.62. The molecular weight excluding hydrogens is 711 g/mol. The number of phosphoric acid groups is 1. The topological polar surface area (TPSA) is 161 Å². The van der Waals surface area contributed by atoms with E-state index in [4.69, 9.17) is 23.8 Å². The Hall–Kier alpha value is -2.11. The van der Waals surface area contributed by atoms with Crippen LogP contribution in [0.1, 0.15) is 155 Å². The number of hydrogen-bond acceptors (Lipinski definition) is 10. The minimum Gasteiger partial charge on any atom is -0.462 e. The van der Waals surface area contributed by atoms with Crippen molar-refractivity contribution in [1.29, 1.82) is 0 Å². The zero-order valence-corrected chi connectivity index (χ0v) is 34.3. The second-order valence-electron chi connectivity index (χ2n) is 14.1. The summed E-state index contributed by atoms with van der Waals surface area (Å²) < 4.78 is 38.3. The Labute approximate surface area is 326 Å². The highest BCUT2D eigenvalue weighted by atomic mass is 31.2. The molecule has 12 heteroatoms. The lowest BCUT2D eigenvalue weighted by molar-refractivity contribution is -0.161. The molecule has 54 heavy (non-hydrogen) atoms. The van der Waals surface area contributed by atoms with Crippen LogP contribution in [-0.2, 0) is 37.4 Å². The van der Waals surface area contributed by atoms with Crippen molar-refractivity contribution >= 4 is 19.8 Å². The summed E-state index contributed by atoms with van der Waals surface area (Å²) in [5.74, 6) is -1.02. The van der Waals surface area contributed by atoms with Gasteiger partial charge in [0.2, 0.25) is 0 Å². The summed E-state index contributed by atoms with van der Waals surface area (Å²) in [6.07, 6.45) is 36.7. The Morgan fingerprint density at radius 3 is 1.96 bits per heavy atom. The molecule has 3 N–H and O–H groups in total. The van der Waals surface area contributed by atoms with Gasteiger partial charge >= 0.3 is 19.8 Å². The molecule has 5 unspecified atom stereocenters. The summed E-state index contributed by atoms with van der Waals surface area (Å²) in [4.78, 5) is 35.0. The Bertz CT molecular complexity index is 1110. The van der Waals surface area contributed by atoms with E-state index in [2.05, 4.69) is 36.6 Å². The molecule has 1 saturated heterocycles. The van der Waals surface area contributed by atoms with Crippen LogP contribution in [0, 0.1) is 0 Å². The van der Waals surface area contributed by atoms with Gasteiger partial charge in [0.1, 0.15) is 18.8 Å². The number of ether oxygens (including phenoxy) is 3. The molecule has 1 aliphatic heterocycles. The lowest BCUT2D eigenvalue weighted by Crippen LogP contribution is -2.30. The van der Waals surface area contributed by atoms with Crippen molar-refractivity contribution in [3.05, 3.63) is 48.6 Å². The SMILES string of the molecule is CCCCC/C=C/C/C=C/C=C\C=C/C1OC1CCCC(=O)OC(COC(=O)CCCCCCCCCCCCCCC)COP(=O)(O)OCC(O)CO. The van der Waals surface area contributed by atoms with Gasteiger partial charge in [-0.15, -0.1) is 0 Å². The molecule has 0 aromatic rings. The van der Waals surface area contributed by atoms with Gasteiger partial charge in [-0.25, -0.2) is 4.57 Å². The minimum atomic E-state index is -4.64. The number of phosphoric ester groups is 1. The number of epoxide rings is 1. The fraction of sp³-hybridized carbons (Fsp3) is 0.762. The summed E-state index contributed by atoms with van der Waals surface area (Å²) in [5, 5.41) is 18.3. The van der Waals surface area contributed by atoms with Crippen LogP contribution < -0.4 is 0 Å². The Morgan fingerprint density at radius 1 is 0.704 bits per heavy atom. The molecule has 0 aromatic heterocycles. The van der Waals surface area contributed by atoms with Crippen molar-refractivity contribution < 1.29 is 52.5 Å². The van der Waals surface area contributed by atoms with Crippen molar-refractivity contribution in [2.45, 2.75) is 180 Å². The van der Waals surface area contributed by atoms with Gasteiger partial charge < -0.3 is 29.3 Å². The maximum absolute atomic E-state index is 12.6. The van der Waals surface area contributed by atoms with Crippen molar-refractivity contribution in [3.63, 3.8) is 0 Å². The lowest BCUT2D eigenvalue weighted by Gasteiger charge is -2.20. The number of esters is 2. The number of unbranched alkanes of at least 4 members (excludes halogenated alkanes) is 15. The average Bonchev–Trinajstić information content (AvgIpc) is 3.91. The molecule has 5 atom stereocenters. The van der Waals surface area contributed by atoms with Crippen LogP contribution in [0.25, 0.3) is 0 Å². The first kappa shape index (κ1) is 49.9. The highest BCUT2D eigenvalue weighted by Crippen LogP contribution is 2.43. The van der Waals surface area contributed by atoms with E-state index in [-0.39, 0.29) is 31.7 Å². The molecule has 0 saturated carbocycles. The standard InChI is InChI=1S/C42H73O11P/c1-3-5-7-9-11-13-15-17-19-21-23-25-27-31-41(45)49-35-38(36-51-54(47,48)50-34-37(44)33-43)52-42(46)32-28-30-40-39(53-40)29-26-24-22-20-18-16-14-12-10-8-6-4-2/h12,14,18,20,22,24,26,29,37-40,43-44H,3-11,13,15-17,19,21,23,25,27-28,30-36H2,1-2H3,(H,47,48)/b14-12+,20-18+,24-22-,29-26-. The van der Waals surface area contributed by atoms with Crippen LogP contribution >= 0.6 is 7.82 Å². The van der Waals surface area contributed by atoms with Crippen LogP contribution in [0.4, 0.5) is 0 Å². The lowest BCUT2D eigenvalue weighted by atomic mass is 10.0. The third-order valence-corrected chi connectivity index (χ3v) is 9.90. The molecule has 1 rings (SSSR count). The molecular formula is C42H73O11P. The summed E-state index contributed by atoms with van der Waals surface area (Å²) in [6.45, 7) is 2.23. The minimum absolute atomic E-state index is 0.000723. The van der Waals surface area contributed by atoms with E-state index in [0.717, 1.165) is 32.1 Å². The summed E-state index contributed by atoms with van der Waals surface area (Å²) in [7, 11) is -4.64. The number of aliphatic hydroxyl groups is 2. The van der Waals surface area contributed by atoms with Gasteiger partial charge in [0.25, 0.3) is 0 Å². The quantitative estimate of drug-likeness (QED) is 0.0137. The van der Waals surface area contributed by atoms with Crippen LogP contribution in [0.3, 0.4) is 0 Å². The van der Waals surface area contributed by atoms with Crippen LogP contribution in [0.2, 0.25) is 0 Å². The number of carbonyl (C=O) groups is 2. The normalized spacial score (nSPS) is 18.2. The van der Waals surface area contributed by atoms with Gasteiger partial charge in [0, 0.05) is 12.8 Å². The highest BCUT2D eigenvalue weighted by Gasteiger charge is 2.35. The molecule has 1 aliphatic rings. The predicted molar refractivity (Wildman–Crippen MR) is 214 cm³/mol. The smallest absolute Gasteiger partial charge is 0.462 e. The second kappa shape index (κ2) is 34.2. The highest BCUT2D eigenvalue weighted by molar-refractivity contribution is 7.47. The zero-order chi connectivity index (χ0) is 39.5. The zero-order valence-electron chi connectivity index (χ0n) is 33.4. The van der Waals surface area contributed by atoms with Crippen molar-refractivity contribution in [1.82, 2.24) is 0 Å². The van der Waals surface area contributed by atoms with Gasteiger partial charge in [-0.2, -0.15) is 0 Å². The Morgan fingerprint density at radius 2 is 1.30 bits per heavy atom. The van der Waals surface area contributed by atoms with E-state index >= 15 is 0 Å². The number of carbonyl (C=O) groups excluding carboxylic acids is 2. The van der Waals surface area contributed by atoms with Crippen molar-refractivity contribution in [2.24, 2.45) is 0 Å². The van der Waals surface area contributed by atoms with E-state index in [1.807, 2.05) is 30.4 Å². The number of allylic oxidation sites excluding steroid dienone is 7. The first-order valence-electron chi connectivity index (χ1n) is 20.8. The molecule has 312 valence electrons. The fourth-order valence-corrected chi connectivity index (χ4v) is 6.41. The second-order valence-corrected chi connectivity index (χ2v) is 15.6. The third-order valence-electron chi connectivity index (χ3n) is 8.95. The van der Waals surface area contributed by atoms with Gasteiger partial charge in [-0.1, -0.05) is 152 Å². The summed E-state index contributed by atoms with van der Waals surface area (Å²) in [5.41, 5.74) is 0. The van der Waals surface area contributed by atoms with Gasteiger partial charge in [-0.3, -0.25) is 18.6 Å². The predicted octanol–water partition coefficient (Wildman–Crippen LogP) is 9.54. The van der Waals surface area contributed by atoms with Crippen molar-refractivity contribution in [2.75, 3.05) is 26.4 Å². The summed E-state index contributed by atoms with van der Waals surface area (Å²) >= 11 is 0. The Kier molecular flexibility index (Phi) is 31.6. The first-order valence-corrected chi connectivity index (χ1v) is 22.3. The van der Waals surface area contributed by atoms with E-state index < -0.39 is 51.8 Å². The maximum atomic E-state index is 12.6.